The smallest absolute Gasteiger partial charge is 0.107 e. The highest BCUT2D eigenvalue weighted by Crippen LogP contribution is 2.35. The van der Waals surface area contributed by atoms with Crippen LogP contribution in [0.2, 0.25) is 0 Å². The first-order chi connectivity index (χ1) is 6.50. The van der Waals surface area contributed by atoms with Gasteiger partial charge in [0.05, 0.1) is 5.60 Å². The molecule has 0 aromatic carbocycles. The summed E-state index contributed by atoms with van der Waals surface area (Å²) < 4.78 is 5.70. The van der Waals surface area contributed by atoms with Gasteiger partial charge in [-0.25, -0.2) is 0 Å². The minimum atomic E-state index is -0.765. The number of fused-ring (bicyclic) bond motifs is 1. The fourth-order valence-electron chi connectivity index (χ4n) is 2.50. The molecule has 1 heterocycles. The SMILES string of the molecule is Cc1oc2c(c1C(C)(C)O)CCCC2. The summed E-state index contributed by atoms with van der Waals surface area (Å²) in [6.07, 6.45) is 4.53. The van der Waals surface area contributed by atoms with Crippen molar-refractivity contribution in [1.29, 1.82) is 0 Å². The van der Waals surface area contributed by atoms with Crippen LogP contribution in [-0.2, 0) is 18.4 Å². The van der Waals surface area contributed by atoms with Gasteiger partial charge in [-0.1, -0.05) is 0 Å². The summed E-state index contributed by atoms with van der Waals surface area (Å²) in [5.74, 6) is 2.00. The van der Waals surface area contributed by atoms with E-state index in [9.17, 15) is 5.11 Å². The van der Waals surface area contributed by atoms with Crippen molar-refractivity contribution in [3.63, 3.8) is 0 Å². The number of aliphatic hydroxyl groups is 1. The fourth-order valence-corrected chi connectivity index (χ4v) is 2.50. The molecule has 0 radical (unpaired) electrons. The van der Waals surface area contributed by atoms with Crippen LogP contribution >= 0.6 is 0 Å². The van der Waals surface area contributed by atoms with Gasteiger partial charge in [-0.15, -0.1) is 0 Å². The van der Waals surface area contributed by atoms with E-state index in [1.165, 1.54) is 18.4 Å². The van der Waals surface area contributed by atoms with Crippen LogP contribution < -0.4 is 0 Å². The molecule has 78 valence electrons. The lowest BCUT2D eigenvalue weighted by Crippen LogP contribution is -2.19. The molecule has 1 aromatic rings. The molecule has 0 unspecified atom stereocenters. The van der Waals surface area contributed by atoms with Crippen LogP contribution in [-0.4, -0.2) is 5.11 Å². The van der Waals surface area contributed by atoms with Gasteiger partial charge in [0.2, 0.25) is 0 Å². The molecule has 0 saturated heterocycles. The standard InChI is InChI=1S/C12H18O2/c1-8-11(12(2,3)13)9-6-4-5-7-10(9)14-8/h13H,4-7H2,1-3H3. The zero-order valence-corrected chi connectivity index (χ0v) is 9.18. The van der Waals surface area contributed by atoms with Crippen molar-refractivity contribution in [3.8, 4) is 0 Å². The van der Waals surface area contributed by atoms with E-state index >= 15 is 0 Å². The maximum Gasteiger partial charge on any atom is 0.107 e. The van der Waals surface area contributed by atoms with E-state index in [0.29, 0.717) is 0 Å². The van der Waals surface area contributed by atoms with Gasteiger partial charge in [0, 0.05) is 12.0 Å². The van der Waals surface area contributed by atoms with Crippen molar-refractivity contribution in [2.45, 2.75) is 52.1 Å². The Bertz CT molecular complexity index is 342. The summed E-state index contributed by atoms with van der Waals surface area (Å²) >= 11 is 0. The highest BCUT2D eigenvalue weighted by molar-refractivity contribution is 5.38. The lowest BCUT2D eigenvalue weighted by Gasteiger charge is -2.20. The monoisotopic (exact) mass is 194 g/mol. The van der Waals surface area contributed by atoms with E-state index in [0.717, 1.165) is 29.9 Å². The Morgan fingerprint density at radius 3 is 2.50 bits per heavy atom. The molecule has 2 nitrogen and oxygen atoms in total. The average Bonchev–Trinajstić information content (AvgIpc) is 2.38. The molecule has 1 aliphatic carbocycles. The molecule has 0 fully saturated rings. The molecule has 0 bridgehead atoms. The third kappa shape index (κ3) is 1.48. The first kappa shape index (κ1) is 9.78. The zero-order chi connectivity index (χ0) is 10.3. The molecule has 2 heteroatoms. The van der Waals surface area contributed by atoms with Gasteiger partial charge in [-0.2, -0.15) is 0 Å². The second-order valence-electron chi connectivity index (χ2n) is 4.70. The Kier molecular flexibility index (Phi) is 2.18. The molecule has 1 aromatic heterocycles. The van der Waals surface area contributed by atoms with Crippen LogP contribution in [0.25, 0.3) is 0 Å². The predicted octanol–water partition coefficient (Wildman–Crippen LogP) is 2.69. The number of hydrogen-bond donors (Lipinski definition) is 1. The lowest BCUT2D eigenvalue weighted by atomic mass is 9.88. The summed E-state index contributed by atoms with van der Waals surface area (Å²) in [4.78, 5) is 0. The van der Waals surface area contributed by atoms with Crippen molar-refractivity contribution in [1.82, 2.24) is 0 Å². The number of aryl methyl sites for hydroxylation is 2. The normalized spacial score (nSPS) is 16.9. The maximum absolute atomic E-state index is 10.1. The Labute approximate surface area is 84.9 Å². The minimum absolute atomic E-state index is 0.765. The van der Waals surface area contributed by atoms with E-state index in [1.807, 2.05) is 20.8 Å². The Morgan fingerprint density at radius 1 is 1.21 bits per heavy atom. The van der Waals surface area contributed by atoms with Gasteiger partial charge in [-0.05, 0) is 45.6 Å². The Balaban J connectivity index is 2.53. The molecule has 0 atom stereocenters. The minimum Gasteiger partial charge on any atom is -0.466 e. The van der Waals surface area contributed by atoms with Crippen LogP contribution in [0.1, 0.15) is 49.3 Å². The van der Waals surface area contributed by atoms with Gasteiger partial charge in [-0.3, -0.25) is 0 Å². The molecule has 1 N–H and O–H groups in total. The number of rotatable bonds is 1. The van der Waals surface area contributed by atoms with Crippen molar-refractivity contribution < 1.29 is 9.52 Å². The van der Waals surface area contributed by atoms with Gasteiger partial charge >= 0.3 is 0 Å². The third-order valence-corrected chi connectivity index (χ3v) is 2.96. The highest BCUT2D eigenvalue weighted by Gasteiger charge is 2.29. The molecular weight excluding hydrogens is 176 g/mol. The zero-order valence-electron chi connectivity index (χ0n) is 9.18. The van der Waals surface area contributed by atoms with E-state index < -0.39 is 5.60 Å². The van der Waals surface area contributed by atoms with Gasteiger partial charge in [0.15, 0.2) is 0 Å². The number of furan rings is 1. The highest BCUT2D eigenvalue weighted by atomic mass is 16.3. The summed E-state index contributed by atoms with van der Waals surface area (Å²) in [5.41, 5.74) is 1.52. The van der Waals surface area contributed by atoms with Crippen LogP contribution in [0.3, 0.4) is 0 Å². The summed E-state index contributed by atoms with van der Waals surface area (Å²) in [6.45, 7) is 5.62. The molecule has 1 aliphatic rings. The maximum atomic E-state index is 10.1. The molecule has 0 saturated carbocycles. The van der Waals surface area contributed by atoms with Crippen LogP contribution in [0.5, 0.6) is 0 Å². The second-order valence-corrected chi connectivity index (χ2v) is 4.70. The lowest BCUT2D eigenvalue weighted by molar-refractivity contribution is 0.0761. The second kappa shape index (κ2) is 3.13. The van der Waals surface area contributed by atoms with Gasteiger partial charge in [0.1, 0.15) is 11.5 Å². The first-order valence-corrected chi connectivity index (χ1v) is 5.34. The quantitative estimate of drug-likeness (QED) is 0.745. The predicted molar refractivity (Wildman–Crippen MR) is 55.3 cm³/mol. The summed E-state index contributed by atoms with van der Waals surface area (Å²) in [5, 5.41) is 10.1. The third-order valence-electron chi connectivity index (χ3n) is 2.96. The first-order valence-electron chi connectivity index (χ1n) is 5.34. The van der Waals surface area contributed by atoms with Crippen molar-refractivity contribution in [2.75, 3.05) is 0 Å². The molecule has 0 aliphatic heterocycles. The van der Waals surface area contributed by atoms with E-state index in [-0.39, 0.29) is 0 Å². The average molecular weight is 194 g/mol. The Hall–Kier alpha value is -0.760. The van der Waals surface area contributed by atoms with E-state index in [4.69, 9.17) is 4.42 Å². The molecular formula is C12H18O2. The van der Waals surface area contributed by atoms with E-state index in [2.05, 4.69) is 0 Å². The largest absolute Gasteiger partial charge is 0.466 e. The van der Waals surface area contributed by atoms with Crippen LogP contribution in [0.4, 0.5) is 0 Å². The van der Waals surface area contributed by atoms with Crippen molar-refractivity contribution in [3.05, 3.63) is 22.6 Å². The van der Waals surface area contributed by atoms with Crippen LogP contribution in [0.15, 0.2) is 4.42 Å². The molecule has 0 amide bonds. The Morgan fingerprint density at radius 2 is 1.86 bits per heavy atom. The number of hydrogen-bond acceptors (Lipinski definition) is 2. The molecule has 2 rings (SSSR count). The summed E-state index contributed by atoms with van der Waals surface area (Å²) in [6, 6.07) is 0. The topological polar surface area (TPSA) is 33.4 Å². The van der Waals surface area contributed by atoms with Crippen LogP contribution in [0, 0.1) is 6.92 Å². The van der Waals surface area contributed by atoms with Gasteiger partial charge in [0.25, 0.3) is 0 Å². The fraction of sp³-hybridized carbons (Fsp3) is 0.667. The van der Waals surface area contributed by atoms with E-state index in [1.54, 1.807) is 0 Å². The summed E-state index contributed by atoms with van der Waals surface area (Å²) in [7, 11) is 0. The van der Waals surface area contributed by atoms with Crippen molar-refractivity contribution >= 4 is 0 Å². The van der Waals surface area contributed by atoms with Gasteiger partial charge < -0.3 is 9.52 Å². The van der Waals surface area contributed by atoms with Crippen molar-refractivity contribution in [2.24, 2.45) is 0 Å². The molecule has 14 heavy (non-hydrogen) atoms. The molecule has 0 spiro atoms.